The van der Waals surface area contributed by atoms with Crippen LogP contribution in [-0.4, -0.2) is 29.7 Å². The number of benzene rings is 1. The van der Waals surface area contributed by atoms with Crippen molar-refractivity contribution in [2.75, 3.05) is 12.0 Å². The van der Waals surface area contributed by atoms with Gasteiger partial charge in [0, 0.05) is 5.69 Å². The van der Waals surface area contributed by atoms with Gasteiger partial charge < -0.3 is 19.6 Å². The average Bonchev–Trinajstić information content (AvgIpc) is 2.83. The van der Waals surface area contributed by atoms with Crippen molar-refractivity contribution < 1.29 is 19.4 Å². The number of anilines is 1. The van der Waals surface area contributed by atoms with Gasteiger partial charge in [-0.25, -0.2) is 4.79 Å². The molecule has 0 fully saturated rings. The number of esters is 1. The monoisotopic (exact) mass is 362 g/mol. The highest BCUT2D eigenvalue weighted by molar-refractivity contribution is 6.33. The van der Waals surface area contributed by atoms with Crippen LogP contribution in [0.5, 0.6) is 0 Å². The number of carbonyl (C=O) groups is 2. The maximum Gasteiger partial charge on any atom is 0.340 e. The number of ether oxygens (including phenoxy) is 1. The quantitative estimate of drug-likeness (QED) is 0.465. The lowest BCUT2D eigenvalue weighted by Gasteiger charge is -2.07. The molecule has 0 unspecified atom stereocenters. The summed E-state index contributed by atoms with van der Waals surface area (Å²) in [5.41, 5.74) is 5.46. The third kappa shape index (κ3) is 4.19. The Hall–Kier alpha value is -2.80. The number of aromatic nitrogens is 1. The number of nitrogens with zero attached hydrogens (tertiary/aromatic N) is 1. The van der Waals surface area contributed by atoms with Crippen molar-refractivity contribution in [2.24, 2.45) is 5.10 Å². The molecule has 1 aromatic carbocycles. The lowest BCUT2D eigenvalue weighted by Crippen LogP contribution is -2.22. The van der Waals surface area contributed by atoms with E-state index >= 15 is 0 Å². The minimum atomic E-state index is -1.31. The Labute approximate surface area is 149 Å². The summed E-state index contributed by atoms with van der Waals surface area (Å²) in [5.74, 6) is -1.70. The molecule has 0 aliphatic rings. The number of hydrogen-bond donors (Lipinski definition) is 2. The zero-order chi connectivity index (χ0) is 18.6. The predicted octanol–water partition coefficient (Wildman–Crippen LogP) is 2.27. The van der Waals surface area contributed by atoms with Gasteiger partial charge in [-0.3, -0.25) is 5.43 Å². The molecule has 25 heavy (non-hydrogen) atoms. The number of carboxylic acids is 1. The van der Waals surface area contributed by atoms with Crippen molar-refractivity contribution in [3.63, 3.8) is 0 Å². The fraction of sp³-hybridized carbons (Fsp3) is 0.235. The lowest BCUT2D eigenvalue weighted by atomic mass is 10.1. The fourth-order valence-electron chi connectivity index (χ4n) is 2.32. The number of H-pyrrole nitrogens is 1. The summed E-state index contributed by atoms with van der Waals surface area (Å²) >= 11 is 6.00. The van der Waals surface area contributed by atoms with Gasteiger partial charge in [0.15, 0.2) is 0 Å². The molecular weight excluding hydrogens is 346 g/mol. The summed E-state index contributed by atoms with van der Waals surface area (Å²) in [5, 5.41) is 15.2. The van der Waals surface area contributed by atoms with E-state index in [1.165, 1.54) is 24.4 Å². The number of carbonyl (C=O) groups excluding carboxylic acids is 2. The predicted molar refractivity (Wildman–Crippen MR) is 93.2 cm³/mol. The molecule has 0 spiro atoms. The average molecular weight is 363 g/mol. The molecular formula is C17H17ClN3O4-. The first-order valence-electron chi connectivity index (χ1n) is 7.51. The van der Waals surface area contributed by atoms with E-state index in [4.69, 9.17) is 16.3 Å². The van der Waals surface area contributed by atoms with Crippen LogP contribution in [0.1, 0.15) is 44.6 Å². The normalized spacial score (nSPS) is 10.9. The Balaban J connectivity index is 2.21. The summed E-state index contributed by atoms with van der Waals surface area (Å²) in [6, 6.07) is 4.11. The molecule has 0 amide bonds. The van der Waals surface area contributed by atoms with E-state index in [1.54, 1.807) is 20.8 Å². The summed E-state index contributed by atoms with van der Waals surface area (Å²) in [7, 11) is 0. The van der Waals surface area contributed by atoms with E-state index in [1.807, 2.05) is 0 Å². The molecule has 8 heteroatoms. The summed E-state index contributed by atoms with van der Waals surface area (Å²) in [6.07, 6.45) is 1.48. The van der Waals surface area contributed by atoms with Crippen molar-refractivity contribution >= 4 is 35.4 Å². The Morgan fingerprint density at radius 1 is 1.40 bits per heavy atom. The van der Waals surface area contributed by atoms with Crippen molar-refractivity contribution in [2.45, 2.75) is 20.8 Å². The van der Waals surface area contributed by atoms with Crippen LogP contribution in [0, 0.1) is 13.8 Å². The number of aryl methyl sites for hydroxylation is 1. The second-order valence-electron chi connectivity index (χ2n) is 5.24. The SMILES string of the molecule is CCOC(=O)c1c(C)[nH]c(/C=N/Nc2cc(C(=O)[O-])ccc2Cl)c1C. The molecule has 0 saturated carbocycles. The Morgan fingerprint density at radius 2 is 2.12 bits per heavy atom. The first-order valence-corrected chi connectivity index (χ1v) is 7.89. The number of nitrogens with one attached hydrogen (secondary N) is 2. The summed E-state index contributed by atoms with van der Waals surface area (Å²) in [4.78, 5) is 25.9. The van der Waals surface area contributed by atoms with E-state index in [2.05, 4.69) is 15.5 Å². The molecule has 0 radical (unpaired) electrons. The molecule has 0 saturated heterocycles. The standard InChI is InChI=1S/C17H18ClN3O4/c1-4-25-17(24)15-9(2)14(20-10(15)3)8-19-21-13-7-11(16(22)23)5-6-12(13)18/h5-8,20-21H,4H2,1-3H3,(H,22,23)/p-1/b19-8+. The highest BCUT2D eigenvalue weighted by atomic mass is 35.5. The number of hydrazone groups is 1. The van der Waals surface area contributed by atoms with Crippen LogP contribution in [0.25, 0.3) is 0 Å². The maximum absolute atomic E-state index is 12.0. The van der Waals surface area contributed by atoms with Crippen molar-refractivity contribution in [1.29, 1.82) is 0 Å². The molecule has 2 N–H and O–H groups in total. The molecule has 1 heterocycles. The third-order valence-corrected chi connectivity index (χ3v) is 3.87. The van der Waals surface area contributed by atoms with Crippen LogP contribution in [0.3, 0.4) is 0 Å². The van der Waals surface area contributed by atoms with Gasteiger partial charge in [0.05, 0.1) is 40.8 Å². The van der Waals surface area contributed by atoms with Crippen LogP contribution in [0.2, 0.25) is 5.02 Å². The van der Waals surface area contributed by atoms with Crippen LogP contribution in [-0.2, 0) is 4.74 Å². The number of aromatic carboxylic acids is 1. The second-order valence-corrected chi connectivity index (χ2v) is 5.64. The molecule has 2 rings (SSSR count). The molecule has 0 aliphatic heterocycles. The third-order valence-electron chi connectivity index (χ3n) is 3.54. The van der Waals surface area contributed by atoms with Crippen molar-refractivity contribution in [1.82, 2.24) is 4.98 Å². The number of rotatable bonds is 6. The van der Waals surface area contributed by atoms with Gasteiger partial charge in [-0.1, -0.05) is 17.7 Å². The second kappa shape index (κ2) is 7.85. The van der Waals surface area contributed by atoms with Gasteiger partial charge >= 0.3 is 5.97 Å². The highest BCUT2D eigenvalue weighted by Crippen LogP contribution is 2.23. The number of hydrogen-bond acceptors (Lipinski definition) is 6. The molecule has 1 aromatic heterocycles. The van der Waals surface area contributed by atoms with Gasteiger partial charge in [0.25, 0.3) is 0 Å². The van der Waals surface area contributed by atoms with Crippen molar-refractivity contribution in [3.05, 3.63) is 51.3 Å². The van der Waals surface area contributed by atoms with Crippen LogP contribution in [0.4, 0.5) is 5.69 Å². The molecule has 0 aliphatic carbocycles. The highest BCUT2D eigenvalue weighted by Gasteiger charge is 2.18. The molecule has 7 nitrogen and oxygen atoms in total. The number of aromatic amines is 1. The Kier molecular flexibility index (Phi) is 5.82. The minimum Gasteiger partial charge on any atom is -0.545 e. The molecule has 132 valence electrons. The van der Waals surface area contributed by atoms with Gasteiger partial charge in [-0.2, -0.15) is 5.10 Å². The van der Waals surface area contributed by atoms with Crippen molar-refractivity contribution in [3.8, 4) is 0 Å². The smallest absolute Gasteiger partial charge is 0.340 e. The Bertz CT molecular complexity index is 843. The van der Waals surface area contributed by atoms with E-state index in [0.717, 1.165) is 0 Å². The first-order chi connectivity index (χ1) is 11.8. The molecule has 2 aromatic rings. The van der Waals surface area contributed by atoms with Gasteiger partial charge in [0.1, 0.15) is 0 Å². The van der Waals surface area contributed by atoms with E-state index in [0.29, 0.717) is 39.8 Å². The zero-order valence-electron chi connectivity index (χ0n) is 14.0. The molecule has 0 atom stereocenters. The van der Waals surface area contributed by atoms with Gasteiger partial charge in [-0.15, -0.1) is 0 Å². The Morgan fingerprint density at radius 3 is 2.76 bits per heavy atom. The van der Waals surface area contributed by atoms with Crippen LogP contribution >= 0.6 is 11.6 Å². The van der Waals surface area contributed by atoms with E-state index in [9.17, 15) is 14.7 Å². The van der Waals surface area contributed by atoms with Crippen LogP contribution < -0.4 is 10.5 Å². The van der Waals surface area contributed by atoms with E-state index < -0.39 is 11.9 Å². The van der Waals surface area contributed by atoms with Crippen LogP contribution in [0.15, 0.2) is 23.3 Å². The number of halogens is 1. The minimum absolute atomic E-state index is 0.0152. The maximum atomic E-state index is 12.0. The lowest BCUT2D eigenvalue weighted by molar-refractivity contribution is -0.255. The van der Waals surface area contributed by atoms with Gasteiger partial charge in [0.2, 0.25) is 0 Å². The number of carboxylic acid groups (broad SMARTS) is 1. The topological polar surface area (TPSA) is 107 Å². The summed E-state index contributed by atoms with van der Waals surface area (Å²) in [6.45, 7) is 5.58. The zero-order valence-corrected chi connectivity index (χ0v) is 14.7. The summed E-state index contributed by atoms with van der Waals surface area (Å²) < 4.78 is 5.03. The van der Waals surface area contributed by atoms with E-state index in [-0.39, 0.29) is 5.56 Å². The molecule has 0 bridgehead atoms. The largest absolute Gasteiger partial charge is 0.545 e. The first kappa shape index (κ1) is 18.5. The van der Waals surface area contributed by atoms with Gasteiger partial charge in [-0.05, 0) is 44.0 Å². The fourth-order valence-corrected chi connectivity index (χ4v) is 2.48.